The molecule has 28 heavy (non-hydrogen) atoms. The van der Waals surface area contributed by atoms with Crippen LogP contribution in [0.1, 0.15) is 29.7 Å². The average molecular weight is 418 g/mol. The van der Waals surface area contributed by atoms with Crippen molar-refractivity contribution in [2.45, 2.75) is 26.1 Å². The standard InChI is InChI=1S/C23H24ClNO2.ClH/c1-17(20-11-7-4-8-12-20)25-15-19-13-21(24)23(22(14-19)26-2)27-16-18-9-5-3-6-10-18;/h3-14,17,25H,15-16H2,1-2H3;1H. The molecule has 5 heteroatoms. The molecule has 0 saturated carbocycles. The summed E-state index contributed by atoms with van der Waals surface area (Å²) in [6, 6.07) is 24.5. The van der Waals surface area contributed by atoms with Crippen LogP contribution in [0.25, 0.3) is 0 Å². The van der Waals surface area contributed by atoms with Gasteiger partial charge in [-0.2, -0.15) is 0 Å². The first-order valence-corrected chi connectivity index (χ1v) is 9.36. The number of hydrogen-bond donors (Lipinski definition) is 1. The van der Waals surface area contributed by atoms with E-state index in [1.165, 1.54) is 5.56 Å². The summed E-state index contributed by atoms with van der Waals surface area (Å²) in [5.41, 5.74) is 3.38. The van der Waals surface area contributed by atoms with Crippen LogP contribution < -0.4 is 14.8 Å². The molecule has 0 aliphatic heterocycles. The summed E-state index contributed by atoms with van der Waals surface area (Å²) in [6.07, 6.45) is 0. The molecule has 0 heterocycles. The van der Waals surface area contributed by atoms with Crippen molar-refractivity contribution >= 4 is 24.0 Å². The van der Waals surface area contributed by atoms with Gasteiger partial charge in [0.2, 0.25) is 0 Å². The monoisotopic (exact) mass is 417 g/mol. The second kappa shape index (κ2) is 11.0. The quantitative estimate of drug-likeness (QED) is 0.473. The van der Waals surface area contributed by atoms with Crippen molar-refractivity contribution in [1.82, 2.24) is 5.32 Å². The number of methoxy groups -OCH3 is 1. The van der Waals surface area contributed by atoms with E-state index in [0.717, 1.165) is 11.1 Å². The predicted octanol–water partition coefficient (Wildman–Crippen LogP) is 6.20. The Morgan fingerprint density at radius 1 is 0.929 bits per heavy atom. The summed E-state index contributed by atoms with van der Waals surface area (Å²) in [5, 5.41) is 4.07. The minimum atomic E-state index is 0. The third-order valence-electron chi connectivity index (χ3n) is 4.43. The molecule has 0 bridgehead atoms. The molecule has 3 aromatic rings. The van der Waals surface area contributed by atoms with Gasteiger partial charge in [0.15, 0.2) is 11.5 Å². The molecule has 1 N–H and O–H groups in total. The number of ether oxygens (including phenoxy) is 2. The number of rotatable bonds is 8. The zero-order chi connectivity index (χ0) is 19.1. The molecule has 0 spiro atoms. The first kappa shape index (κ1) is 22.1. The SMILES string of the molecule is COc1cc(CNC(C)c2ccccc2)cc(Cl)c1OCc1ccccc1.Cl. The van der Waals surface area contributed by atoms with Crippen LogP contribution in [-0.2, 0) is 13.2 Å². The van der Waals surface area contributed by atoms with Gasteiger partial charge in [-0.25, -0.2) is 0 Å². The Morgan fingerprint density at radius 3 is 2.21 bits per heavy atom. The first-order valence-electron chi connectivity index (χ1n) is 8.99. The van der Waals surface area contributed by atoms with Crippen molar-refractivity contribution in [3.63, 3.8) is 0 Å². The lowest BCUT2D eigenvalue weighted by Crippen LogP contribution is -2.18. The normalized spacial score (nSPS) is 11.4. The molecular formula is C23H25Cl2NO2. The van der Waals surface area contributed by atoms with Gasteiger partial charge >= 0.3 is 0 Å². The van der Waals surface area contributed by atoms with Gasteiger partial charge in [0.1, 0.15) is 6.61 Å². The number of nitrogens with one attached hydrogen (secondary N) is 1. The fraction of sp³-hybridized carbons (Fsp3) is 0.217. The zero-order valence-electron chi connectivity index (χ0n) is 16.0. The van der Waals surface area contributed by atoms with Crippen LogP contribution in [0.3, 0.4) is 0 Å². The Morgan fingerprint density at radius 2 is 1.57 bits per heavy atom. The molecule has 0 aliphatic rings. The van der Waals surface area contributed by atoms with Crippen LogP contribution >= 0.6 is 24.0 Å². The maximum atomic E-state index is 6.48. The van der Waals surface area contributed by atoms with Crippen LogP contribution in [0.2, 0.25) is 5.02 Å². The average Bonchev–Trinajstić information content (AvgIpc) is 2.72. The van der Waals surface area contributed by atoms with Gasteiger partial charge in [0, 0.05) is 12.6 Å². The zero-order valence-corrected chi connectivity index (χ0v) is 17.6. The van der Waals surface area contributed by atoms with Gasteiger partial charge in [0.25, 0.3) is 0 Å². The van der Waals surface area contributed by atoms with E-state index in [0.29, 0.717) is 29.7 Å². The summed E-state index contributed by atoms with van der Waals surface area (Å²) in [7, 11) is 1.63. The van der Waals surface area contributed by atoms with Crippen LogP contribution in [0.15, 0.2) is 72.8 Å². The van der Waals surface area contributed by atoms with Crippen molar-refractivity contribution < 1.29 is 9.47 Å². The van der Waals surface area contributed by atoms with E-state index in [1.807, 2.05) is 60.7 Å². The maximum Gasteiger partial charge on any atom is 0.180 e. The minimum Gasteiger partial charge on any atom is -0.493 e. The Bertz CT molecular complexity index is 857. The highest BCUT2D eigenvalue weighted by molar-refractivity contribution is 6.32. The van der Waals surface area contributed by atoms with Crippen molar-refractivity contribution in [2.75, 3.05) is 7.11 Å². The molecule has 3 aromatic carbocycles. The van der Waals surface area contributed by atoms with E-state index < -0.39 is 0 Å². The first-order chi connectivity index (χ1) is 13.2. The number of benzene rings is 3. The number of halogens is 2. The lowest BCUT2D eigenvalue weighted by Gasteiger charge is -2.17. The van der Waals surface area contributed by atoms with Crippen molar-refractivity contribution in [3.05, 3.63) is 94.5 Å². The molecule has 0 aromatic heterocycles. The molecule has 0 radical (unpaired) electrons. The van der Waals surface area contributed by atoms with Gasteiger partial charge in [-0.05, 0) is 35.7 Å². The maximum absolute atomic E-state index is 6.48. The van der Waals surface area contributed by atoms with Crippen LogP contribution in [0, 0.1) is 0 Å². The van der Waals surface area contributed by atoms with Crippen LogP contribution in [0.4, 0.5) is 0 Å². The fourth-order valence-corrected chi connectivity index (χ4v) is 3.16. The van der Waals surface area contributed by atoms with E-state index in [-0.39, 0.29) is 18.4 Å². The molecule has 0 amide bonds. The van der Waals surface area contributed by atoms with Gasteiger partial charge in [0.05, 0.1) is 12.1 Å². The van der Waals surface area contributed by atoms with Crippen molar-refractivity contribution in [1.29, 1.82) is 0 Å². The van der Waals surface area contributed by atoms with E-state index >= 15 is 0 Å². The van der Waals surface area contributed by atoms with Gasteiger partial charge in [-0.15, -0.1) is 12.4 Å². The summed E-state index contributed by atoms with van der Waals surface area (Å²) in [5.74, 6) is 1.21. The van der Waals surface area contributed by atoms with Crippen LogP contribution in [0.5, 0.6) is 11.5 Å². The highest BCUT2D eigenvalue weighted by Gasteiger charge is 2.13. The molecule has 0 fully saturated rings. The smallest absolute Gasteiger partial charge is 0.180 e. The van der Waals surface area contributed by atoms with E-state index in [2.05, 4.69) is 24.4 Å². The van der Waals surface area contributed by atoms with E-state index in [1.54, 1.807) is 7.11 Å². The fourth-order valence-electron chi connectivity index (χ4n) is 2.88. The largest absolute Gasteiger partial charge is 0.493 e. The van der Waals surface area contributed by atoms with Crippen molar-refractivity contribution in [2.24, 2.45) is 0 Å². The lowest BCUT2D eigenvalue weighted by atomic mass is 10.1. The molecule has 1 unspecified atom stereocenters. The molecule has 148 valence electrons. The summed E-state index contributed by atoms with van der Waals surface area (Å²) in [4.78, 5) is 0. The highest BCUT2D eigenvalue weighted by Crippen LogP contribution is 2.37. The highest BCUT2D eigenvalue weighted by atomic mass is 35.5. The summed E-state index contributed by atoms with van der Waals surface area (Å²) < 4.78 is 11.4. The molecule has 0 saturated heterocycles. The second-order valence-corrected chi connectivity index (χ2v) is 6.80. The molecule has 3 rings (SSSR count). The van der Waals surface area contributed by atoms with Gasteiger partial charge < -0.3 is 14.8 Å². The molecule has 3 nitrogen and oxygen atoms in total. The Kier molecular flexibility index (Phi) is 8.65. The van der Waals surface area contributed by atoms with Gasteiger partial charge in [-0.3, -0.25) is 0 Å². The lowest BCUT2D eigenvalue weighted by molar-refractivity contribution is 0.284. The van der Waals surface area contributed by atoms with E-state index in [9.17, 15) is 0 Å². The van der Waals surface area contributed by atoms with Crippen LogP contribution in [-0.4, -0.2) is 7.11 Å². The minimum absolute atomic E-state index is 0. The van der Waals surface area contributed by atoms with Gasteiger partial charge in [-0.1, -0.05) is 72.3 Å². The number of hydrogen-bond acceptors (Lipinski definition) is 3. The third-order valence-corrected chi connectivity index (χ3v) is 4.71. The Labute approximate surface area is 178 Å². The second-order valence-electron chi connectivity index (χ2n) is 6.40. The third kappa shape index (κ3) is 5.90. The molecule has 0 aliphatic carbocycles. The Balaban J connectivity index is 0.00000280. The molecule has 1 atom stereocenters. The van der Waals surface area contributed by atoms with Crippen molar-refractivity contribution in [3.8, 4) is 11.5 Å². The molecular weight excluding hydrogens is 393 g/mol. The van der Waals surface area contributed by atoms with E-state index in [4.69, 9.17) is 21.1 Å². The summed E-state index contributed by atoms with van der Waals surface area (Å²) in [6.45, 7) is 3.27. The Hall–Kier alpha value is -2.20. The predicted molar refractivity (Wildman–Crippen MR) is 118 cm³/mol. The summed E-state index contributed by atoms with van der Waals surface area (Å²) >= 11 is 6.48. The topological polar surface area (TPSA) is 30.5 Å².